The summed E-state index contributed by atoms with van der Waals surface area (Å²) >= 11 is 0. The van der Waals surface area contributed by atoms with E-state index in [1.54, 1.807) is 25.3 Å². The van der Waals surface area contributed by atoms with Gasteiger partial charge in [0.15, 0.2) is 11.5 Å². The number of hydrogen-bond donors (Lipinski definition) is 3. The number of hydrogen-bond acceptors (Lipinski definition) is 7. The molecule has 1 fully saturated rings. The molecule has 0 radical (unpaired) electrons. The SMILES string of the molecule is COc1cc2c(Nc3ccc(NC(=O)Nc4cccc(F)c4)cc3)ncnc2cc1OCC1CCN(C)CC1. The van der Waals surface area contributed by atoms with Gasteiger partial charge in [0.2, 0.25) is 0 Å². The number of anilines is 4. The third-order valence-corrected chi connectivity index (χ3v) is 6.72. The highest BCUT2D eigenvalue weighted by Gasteiger charge is 2.19. The van der Waals surface area contributed by atoms with E-state index in [0.717, 1.165) is 42.5 Å². The van der Waals surface area contributed by atoms with Crippen molar-refractivity contribution in [3.05, 3.63) is 72.8 Å². The first-order chi connectivity index (χ1) is 19.0. The third-order valence-electron chi connectivity index (χ3n) is 6.72. The summed E-state index contributed by atoms with van der Waals surface area (Å²) in [5.41, 5.74) is 2.45. The number of likely N-dealkylation sites (tertiary alicyclic amines) is 1. The van der Waals surface area contributed by atoms with Crippen molar-refractivity contribution in [1.29, 1.82) is 0 Å². The summed E-state index contributed by atoms with van der Waals surface area (Å²) in [6, 6.07) is 16.2. The van der Waals surface area contributed by atoms with Crippen LogP contribution < -0.4 is 25.4 Å². The molecule has 2 amide bonds. The molecule has 5 rings (SSSR count). The summed E-state index contributed by atoms with van der Waals surface area (Å²) in [5, 5.41) is 9.43. The Kier molecular flexibility index (Phi) is 8.02. The van der Waals surface area contributed by atoms with Crippen molar-refractivity contribution in [2.75, 3.05) is 49.8 Å². The van der Waals surface area contributed by atoms with Crippen molar-refractivity contribution in [3.8, 4) is 11.5 Å². The predicted molar refractivity (Wildman–Crippen MR) is 151 cm³/mol. The minimum Gasteiger partial charge on any atom is -0.493 e. The van der Waals surface area contributed by atoms with Crippen LogP contribution in [0.2, 0.25) is 0 Å². The number of halogens is 1. The maximum absolute atomic E-state index is 13.3. The lowest BCUT2D eigenvalue weighted by Gasteiger charge is -2.28. The van der Waals surface area contributed by atoms with E-state index in [0.29, 0.717) is 41.2 Å². The third kappa shape index (κ3) is 6.71. The van der Waals surface area contributed by atoms with Crippen LogP contribution in [-0.4, -0.2) is 54.8 Å². The molecule has 0 saturated carbocycles. The summed E-state index contributed by atoms with van der Waals surface area (Å²) in [5.74, 6) is 2.01. The molecule has 0 spiro atoms. The molecule has 0 unspecified atom stereocenters. The predicted octanol–water partition coefficient (Wildman–Crippen LogP) is 5.89. The van der Waals surface area contributed by atoms with E-state index in [4.69, 9.17) is 9.47 Å². The Morgan fingerprint density at radius 1 is 0.974 bits per heavy atom. The normalized spacial score (nSPS) is 14.1. The first kappa shape index (κ1) is 26.2. The van der Waals surface area contributed by atoms with Gasteiger partial charge in [0.1, 0.15) is 18.0 Å². The van der Waals surface area contributed by atoms with Gasteiger partial charge in [-0.2, -0.15) is 0 Å². The highest BCUT2D eigenvalue weighted by molar-refractivity contribution is 6.00. The minimum absolute atomic E-state index is 0.368. The van der Waals surface area contributed by atoms with Gasteiger partial charge in [-0.15, -0.1) is 0 Å². The number of amides is 2. The first-order valence-electron chi connectivity index (χ1n) is 12.8. The van der Waals surface area contributed by atoms with Crippen molar-refractivity contribution < 1.29 is 18.7 Å². The number of aromatic nitrogens is 2. The number of methoxy groups -OCH3 is 1. The van der Waals surface area contributed by atoms with E-state index in [-0.39, 0.29) is 0 Å². The average Bonchev–Trinajstić information content (AvgIpc) is 2.93. The molecule has 1 aliphatic rings. The van der Waals surface area contributed by atoms with Gasteiger partial charge in [0.05, 0.1) is 19.2 Å². The highest BCUT2D eigenvalue weighted by atomic mass is 19.1. The number of urea groups is 1. The molecule has 1 aromatic heterocycles. The zero-order valence-corrected chi connectivity index (χ0v) is 21.9. The van der Waals surface area contributed by atoms with Crippen LogP contribution in [0.3, 0.4) is 0 Å². The number of piperidine rings is 1. The standard InChI is InChI=1S/C29H31FN6O3/c1-36-12-10-19(11-13-36)17-39-27-16-25-24(15-26(27)38-2)28(32-18-31-25)33-21-6-8-22(9-7-21)34-29(37)35-23-5-3-4-20(30)14-23/h3-9,14-16,18-19H,10-13,17H2,1-2H3,(H,31,32,33)(H2,34,35,37). The number of nitrogens with one attached hydrogen (secondary N) is 3. The summed E-state index contributed by atoms with van der Waals surface area (Å²) in [4.78, 5) is 23.5. The van der Waals surface area contributed by atoms with E-state index in [1.807, 2.05) is 24.3 Å². The number of nitrogens with zero attached hydrogens (tertiary/aromatic N) is 3. The van der Waals surface area contributed by atoms with Crippen molar-refractivity contribution >= 4 is 39.8 Å². The largest absolute Gasteiger partial charge is 0.493 e. The van der Waals surface area contributed by atoms with Crippen molar-refractivity contribution in [2.24, 2.45) is 5.92 Å². The Hall–Kier alpha value is -4.44. The van der Waals surface area contributed by atoms with Gasteiger partial charge < -0.3 is 30.3 Å². The van der Waals surface area contributed by atoms with Gasteiger partial charge in [0, 0.05) is 28.5 Å². The number of ether oxygens (including phenoxy) is 2. The van der Waals surface area contributed by atoms with E-state index in [1.165, 1.54) is 24.5 Å². The Labute approximate surface area is 226 Å². The molecule has 1 aliphatic heterocycles. The lowest BCUT2D eigenvalue weighted by Crippen LogP contribution is -2.32. The molecular weight excluding hydrogens is 499 g/mol. The Morgan fingerprint density at radius 2 is 1.72 bits per heavy atom. The summed E-state index contributed by atoms with van der Waals surface area (Å²) in [7, 11) is 3.77. The topological polar surface area (TPSA) is 101 Å². The summed E-state index contributed by atoms with van der Waals surface area (Å²) < 4.78 is 25.1. The Balaban J connectivity index is 1.25. The summed E-state index contributed by atoms with van der Waals surface area (Å²) in [6.45, 7) is 2.82. The molecule has 10 heteroatoms. The zero-order chi connectivity index (χ0) is 27.2. The van der Waals surface area contributed by atoms with Crippen molar-refractivity contribution in [1.82, 2.24) is 14.9 Å². The molecule has 0 bridgehead atoms. The second kappa shape index (κ2) is 12.0. The van der Waals surface area contributed by atoms with Crippen molar-refractivity contribution in [2.45, 2.75) is 12.8 Å². The number of fused-ring (bicyclic) bond motifs is 1. The second-order valence-corrected chi connectivity index (χ2v) is 9.59. The molecule has 3 aromatic carbocycles. The van der Waals surface area contributed by atoms with Crippen LogP contribution in [-0.2, 0) is 0 Å². The lowest BCUT2D eigenvalue weighted by molar-refractivity contribution is 0.157. The van der Waals surface area contributed by atoms with E-state index in [9.17, 15) is 9.18 Å². The molecule has 3 N–H and O–H groups in total. The van der Waals surface area contributed by atoms with Crippen molar-refractivity contribution in [3.63, 3.8) is 0 Å². The molecule has 9 nitrogen and oxygen atoms in total. The molecule has 202 valence electrons. The van der Waals surface area contributed by atoms with Crippen LogP contribution in [0.1, 0.15) is 12.8 Å². The maximum atomic E-state index is 13.3. The van der Waals surface area contributed by atoms with Crippen LogP contribution >= 0.6 is 0 Å². The van der Waals surface area contributed by atoms with Gasteiger partial charge in [-0.05, 0) is 87.4 Å². The average molecular weight is 531 g/mol. The fourth-order valence-corrected chi connectivity index (χ4v) is 4.51. The fourth-order valence-electron chi connectivity index (χ4n) is 4.51. The number of benzene rings is 3. The smallest absolute Gasteiger partial charge is 0.323 e. The summed E-state index contributed by atoms with van der Waals surface area (Å²) in [6.07, 6.45) is 3.74. The second-order valence-electron chi connectivity index (χ2n) is 9.59. The fraction of sp³-hybridized carbons (Fsp3) is 0.276. The van der Waals surface area contributed by atoms with E-state index < -0.39 is 11.8 Å². The van der Waals surface area contributed by atoms with Gasteiger partial charge >= 0.3 is 6.03 Å². The quantitative estimate of drug-likeness (QED) is 0.261. The Bertz CT molecular complexity index is 1440. The molecule has 1 saturated heterocycles. The number of carbonyl (C=O) groups is 1. The zero-order valence-electron chi connectivity index (χ0n) is 21.9. The van der Waals surface area contributed by atoms with Gasteiger partial charge in [-0.25, -0.2) is 19.2 Å². The maximum Gasteiger partial charge on any atom is 0.323 e. The van der Waals surface area contributed by atoms with Crippen LogP contribution in [0.4, 0.5) is 32.1 Å². The van der Waals surface area contributed by atoms with Gasteiger partial charge in [0.25, 0.3) is 0 Å². The Morgan fingerprint density at radius 3 is 2.46 bits per heavy atom. The minimum atomic E-state index is -0.468. The van der Waals surface area contributed by atoms with Crippen LogP contribution in [0.15, 0.2) is 67.0 Å². The van der Waals surface area contributed by atoms with E-state index in [2.05, 4.69) is 37.9 Å². The monoisotopic (exact) mass is 530 g/mol. The van der Waals surface area contributed by atoms with E-state index >= 15 is 0 Å². The molecule has 4 aromatic rings. The van der Waals surface area contributed by atoms with Crippen LogP contribution in [0.25, 0.3) is 10.9 Å². The number of rotatable bonds is 8. The molecule has 39 heavy (non-hydrogen) atoms. The van der Waals surface area contributed by atoms with Gasteiger partial charge in [-0.3, -0.25) is 0 Å². The first-order valence-corrected chi connectivity index (χ1v) is 12.8. The number of carbonyl (C=O) groups excluding carboxylic acids is 1. The van der Waals surface area contributed by atoms with Crippen LogP contribution in [0, 0.1) is 11.7 Å². The van der Waals surface area contributed by atoms with Crippen LogP contribution in [0.5, 0.6) is 11.5 Å². The lowest BCUT2D eigenvalue weighted by atomic mass is 9.98. The molecule has 0 atom stereocenters. The molecule has 2 heterocycles. The molecular formula is C29H31FN6O3. The molecule has 0 aliphatic carbocycles. The van der Waals surface area contributed by atoms with Gasteiger partial charge in [-0.1, -0.05) is 6.07 Å². The highest BCUT2D eigenvalue weighted by Crippen LogP contribution is 2.35.